The molecule has 3 nitrogen and oxygen atoms in total. The van der Waals surface area contributed by atoms with E-state index in [1.54, 1.807) is 0 Å². The van der Waals surface area contributed by atoms with Crippen LogP contribution in [-0.4, -0.2) is 17.6 Å². The van der Waals surface area contributed by atoms with Gasteiger partial charge in [0.05, 0.1) is 6.61 Å². The molecule has 0 amide bonds. The predicted octanol–water partition coefficient (Wildman–Crippen LogP) is 4.03. The smallest absolute Gasteiger partial charge is 0.355 e. The summed E-state index contributed by atoms with van der Waals surface area (Å²) in [5, 5.41) is 0. The first-order valence-electron chi connectivity index (χ1n) is 6.79. The fourth-order valence-electron chi connectivity index (χ4n) is 2.86. The van der Waals surface area contributed by atoms with Crippen molar-refractivity contribution in [2.24, 2.45) is 0 Å². The summed E-state index contributed by atoms with van der Waals surface area (Å²) in [6.07, 6.45) is 1.96. The molecule has 1 N–H and O–H groups in total. The molecule has 0 bridgehead atoms. The van der Waals surface area contributed by atoms with Gasteiger partial charge in [0.15, 0.2) is 0 Å². The molecular weight excluding hydrogens is 318 g/mol. The molecule has 1 heterocycles. The van der Waals surface area contributed by atoms with E-state index in [2.05, 4.69) is 33.0 Å². The van der Waals surface area contributed by atoms with Gasteiger partial charge >= 0.3 is 5.97 Å². The SMILES string of the molecule is CCOC(=O)c1[nH]c2c(c1C)CCc1cc(Br)ccc1-2. The van der Waals surface area contributed by atoms with Crippen LogP contribution in [0.3, 0.4) is 0 Å². The van der Waals surface area contributed by atoms with Crippen molar-refractivity contribution in [2.75, 3.05) is 6.61 Å². The van der Waals surface area contributed by atoms with E-state index in [-0.39, 0.29) is 5.97 Å². The van der Waals surface area contributed by atoms with Crippen molar-refractivity contribution in [1.29, 1.82) is 0 Å². The van der Waals surface area contributed by atoms with Gasteiger partial charge < -0.3 is 9.72 Å². The summed E-state index contributed by atoms with van der Waals surface area (Å²) < 4.78 is 6.21. The minimum absolute atomic E-state index is 0.266. The van der Waals surface area contributed by atoms with Gasteiger partial charge in [-0.1, -0.05) is 22.0 Å². The molecule has 0 spiro atoms. The Balaban J connectivity index is 2.12. The lowest BCUT2D eigenvalue weighted by Crippen LogP contribution is -2.06. The van der Waals surface area contributed by atoms with E-state index in [0.717, 1.165) is 28.6 Å². The van der Waals surface area contributed by atoms with Gasteiger partial charge in [-0.05, 0) is 55.5 Å². The molecule has 4 heteroatoms. The van der Waals surface area contributed by atoms with Crippen molar-refractivity contribution in [3.8, 4) is 11.3 Å². The number of carbonyl (C=O) groups excluding carboxylic acids is 1. The van der Waals surface area contributed by atoms with E-state index in [9.17, 15) is 4.79 Å². The molecule has 0 aliphatic heterocycles. The van der Waals surface area contributed by atoms with Gasteiger partial charge in [0, 0.05) is 15.7 Å². The number of hydrogen-bond acceptors (Lipinski definition) is 2. The van der Waals surface area contributed by atoms with Crippen LogP contribution in [0.1, 0.15) is 34.1 Å². The summed E-state index contributed by atoms with van der Waals surface area (Å²) >= 11 is 3.51. The Hall–Kier alpha value is -1.55. The normalized spacial score (nSPS) is 12.8. The van der Waals surface area contributed by atoms with Crippen LogP contribution in [0.25, 0.3) is 11.3 Å². The predicted molar refractivity (Wildman–Crippen MR) is 82.0 cm³/mol. The maximum atomic E-state index is 12.0. The molecule has 0 fully saturated rings. The van der Waals surface area contributed by atoms with Crippen LogP contribution < -0.4 is 0 Å². The van der Waals surface area contributed by atoms with Gasteiger partial charge in [-0.15, -0.1) is 0 Å². The van der Waals surface area contributed by atoms with Gasteiger partial charge in [0.2, 0.25) is 0 Å². The number of ether oxygens (including phenoxy) is 1. The van der Waals surface area contributed by atoms with E-state index in [1.807, 2.05) is 19.9 Å². The number of benzene rings is 1. The lowest BCUT2D eigenvalue weighted by atomic mass is 9.89. The minimum atomic E-state index is -0.266. The van der Waals surface area contributed by atoms with E-state index in [0.29, 0.717) is 12.3 Å². The molecule has 0 saturated carbocycles. The molecule has 0 unspecified atom stereocenters. The second kappa shape index (κ2) is 5.09. The van der Waals surface area contributed by atoms with Gasteiger partial charge in [0.25, 0.3) is 0 Å². The number of carbonyl (C=O) groups is 1. The summed E-state index contributed by atoms with van der Waals surface area (Å²) in [4.78, 5) is 15.3. The van der Waals surface area contributed by atoms with E-state index in [1.165, 1.54) is 16.7 Å². The number of aromatic nitrogens is 1. The standard InChI is InChI=1S/C16H16BrNO2/c1-3-20-16(19)14-9(2)12-6-4-10-8-11(17)5-7-13(10)15(12)18-14/h5,7-8,18H,3-4,6H2,1-2H3. The van der Waals surface area contributed by atoms with Crippen molar-refractivity contribution in [1.82, 2.24) is 4.98 Å². The molecule has 3 rings (SSSR count). The Kier molecular flexibility index (Phi) is 3.42. The highest BCUT2D eigenvalue weighted by Gasteiger charge is 2.25. The Morgan fingerprint density at radius 3 is 2.95 bits per heavy atom. The largest absolute Gasteiger partial charge is 0.461 e. The topological polar surface area (TPSA) is 42.1 Å². The lowest BCUT2D eigenvalue weighted by molar-refractivity contribution is 0.0519. The summed E-state index contributed by atoms with van der Waals surface area (Å²) in [6.45, 7) is 4.21. The molecule has 0 saturated heterocycles. The molecule has 1 aromatic carbocycles. The Morgan fingerprint density at radius 2 is 2.20 bits per heavy atom. The van der Waals surface area contributed by atoms with Crippen molar-refractivity contribution in [3.63, 3.8) is 0 Å². The van der Waals surface area contributed by atoms with Gasteiger partial charge in [0.1, 0.15) is 5.69 Å². The van der Waals surface area contributed by atoms with Crippen LogP contribution in [0.4, 0.5) is 0 Å². The Labute approximate surface area is 126 Å². The molecule has 0 atom stereocenters. The average molecular weight is 334 g/mol. The minimum Gasteiger partial charge on any atom is -0.461 e. The number of esters is 1. The highest BCUT2D eigenvalue weighted by molar-refractivity contribution is 9.10. The number of nitrogens with one attached hydrogen (secondary N) is 1. The molecule has 1 aromatic heterocycles. The van der Waals surface area contributed by atoms with Gasteiger partial charge in [-0.3, -0.25) is 0 Å². The zero-order valence-corrected chi connectivity index (χ0v) is 13.1. The maximum Gasteiger partial charge on any atom is 0.355 e. The number of rotatable bonds is 2. The van der Waals surface area contributed by atoms with Crippen molar-refractivity contribution in [2.45, 2.75) is 26.7 Å². The third-order valence-electron chi connectivity index (χ3n) is 3.84. The first kappa shape index (κ1) is 13.4. The van der Waals surface area contributed by atoms with E-state index in [4.69, 9.17) is 4.74 Å². The second-order valence-electron chi connectivity index (χ2n) is 5.00. The van der Waals surface area contributed by atoms with Gasteiger partial charge in [-0.25, -0.2) is 4.79 Å². The summed E-state index contributed by atoms with van der Waals surface area (Å²) in [6, 6.07) is 6.29. The van der Waals surface area contributed by atoms with Crippen LogP contribution >= 0.6 is 15.9 Å². The fraction of sp³-hybridized carbons (Fsp3) is 0.312. The van der Waals surface area contributed by atoms with Crippen LogP contribution in [0.15, 0.2) is 22.7 Å². The third-order valence-corrected chi connectivity index (χ3v) is 4.33. The first-order valence-corrected chi connectivity index (χ1v) is 7.58. The number of aromatic amines is 1. The number of fused-ring (bicyclic) bond motifs is 3. The van der Waals surface area contributed by atoms with Crippen LogP contribution in [0.5, 0.6) is 0 Å². The zero-order chi connectivity index (χ0) is 14.3. The molecule has 20 heavy (non-hydrogen) atoms. The van der Waals surface area contributed by atoms with E-state index >= 15 is 0 Å². The Bertz CT molecular complexity index is 688. The average Bonchev–Trinajstić information content (AvgIpc) is 2.76. The summed E-state index contributed by atoms with van der Waals surface area (Å²) in [5.74, 6) is -0.266. The van der Waals surface area contributed by atoms with Crippen LogP contribution in [0.2, 0.25) is 0 Å². The van der Waals surface area contributed by atoms with Crippen molar-refractivity contribution >= 4 is 21.9 Å². The third kappa shape index (κ3) is 2.08. The number of aryl methyl sites for hydroxylation is 1. The first-order chi connectivity index (χ1) is 9.61. The fourth-order valence-corrected chi connectivity index (χ4v) is 3.26. The molecule has 2 aromatic rings. The highest BCUT2D eigenvalue weighted by Crippen LogP contribution is 2.37. The molecular formula is C16H16BrNO2. The summed E-state index contributed by atoms with van der Waals surface area (Å²) in [5.41, 5.74) is 6.42. The second-order valence-corrected chi connectivity index (χ2v) is 5.92. The molecule has 104 valence electrons. The molecule has 1 aliphatic carbocycles. The van der Waals surface area contributed by atoms with Crippen molar-refractivity contribution in [3.05, 3.63) is 45.1 Å². The lowest BCUT2D eigenvalue weighted by Gasteiger charge is -2.17. The highest BCUT2D eigenvalue weighted by atomic mass is 79.9. The number of H-pyrrole nitrogens is 1. The monoisotopic (exact) mass is 333 g/mol. The zero-order valence-electron chi connectivity index (χ0n) is 11.5. The number of hydrogen-bond donors (Lipinski definition) is 1. The Morgan fingerprint density at radius 1 is 1.40 bits per heavy atom. The van der Waals surface area contributed by atoms with E-state index < -0.39 is 0 Å². The van der Waals surface area contributed by atoms with Crippen LogP contribution in [-0.2, 0) is 17.6 Å². The van der Waals surface area contributed by atoms with Gasteiger partial charge in [-0.2, -0.15) is 0 Å². The number of halogens is 1. The van der Waals surface area contributed by atoms with Crippen LogP contribution in [0, 0.1) is 6.92 Å². The molecule has 1 aliphatic rings. The van der Waals surface area contributed by atoms with Crippen molar-refractivity contribution < 1.29 is 9.53 Å². The molecule has 0 radical (unpaired) electrons. The quantitative estimate of drug-likeness (QED) is 0.843. The summed E-state index contributed by atoms with van der Waals surface area (Å²) in [7, 11) is 0. The maximum absolute atomic E-state index is 12.0.